The fraction of sp³-hybridized carbons (Fsp3) is 0.182. The van der Waals surface area contributed by atoms with E-state index in [0.717, 1.165) is 12.1 Å². The van der Waals surface area contributed by atoms with E-state index < -0.39 is 11.6 Å². The highest BCUT2D eigenvalue weighted by atomic mass is 19.2. The summed E-state index contributed by atoms with van der Waals surface area (Å²) < 4.78 is 27.0. The molecule has 0 bridgehead atoms. The quantitative estimate of drug-likeness (QED) is 0.760. The Hall–Kier alpha value is -2.11. The Morgan fingerprint density at radius 1 is 1.35 bits per heavy atom. The van der Waals surface area contributed by atoms with Crippen LogP contribution >= 0.6 is 0 Å². The third kappa shape index (κ3) is 2.35. The van der Waals surface area contributed by atoms with Crippen LogP contribution in [0.15, 0.2) is 24.4 Å². The summed E-state index contributed by atoms with van der Waals surface area (Å²) in [7, 11) is 1.59. The molecular formula is C11H9F2N3O. The summed E-state index contributed by atoms with van der Waals surface area (Å²) in [5, 5.41) is 7.20. The normalized spacial score (nSPS) is 10.5. The fourth-order valence-corrected chi connectivity index (χ4v) is 1.47. The van der Waals surface area contributed by atoms with E-state index in [1.54, 1.807) is 7.05 Å². The van der Waals surface area contributed by atoms with Crippen molar-refractivity contribution in [1.29, 1.82) is 0 Å². The van der Waals surface area contributed by atoms with Crippen LogP contribution in [0.4, 0.5) is 8.78 Å². The van der Waals surface area contributed by atoms with Crippen molar-refractivity contribution in [2.75, 3.05) is 0 Å². The van der Waals surface area contributed by atoms with Gasteiger partial charge in [-0.2, -0.15) is 0 Å². The summed E-state index contributed by atoms with van der Waals surface area (Å²) >= 11 is 0. The zero-order valence-electron chi connectivity index (χ0n) is 9.02. The molecule has 0 aliphatic rings. The topological polar surface area (TPSA) is 47.8 Å². The van der Waals surface area contributed by atoms with Gasteiger partial charge < -0.3 is 0 Å². The van der Waals surface area contributed by atoms with Gasteiger partial charge in [-0.1, -0.05) is 11.3 Å². The number of ketones is 1. The van der Waals surface area contributed by atoms with Crippen molar-refractivity contribution in [2.24, 2.45) is 7.05 Å². The van der Waals surface area contributed by atoms with Crippen LogP contribution in [0.3, 0.4) is 0 Å². The third-order valence-corrected chi connectivity index (χ3v) is 2.35. The van der Waals surface area contributed by atoms with Gasteiger partial charge in [-0.3, -0.25) is 4.79 Å². The van der Waals surface area contributed by atoms with E-state index in [4.69, 9.17) is 0 Å². The van der Waals surface area contributed by atoms with Crippen LogP contribution in [0.25, 0.3) is 0 Å². The van der Waals surface area contributed by atoms with E-state index in [1.807, 2.05) is 0 Å². The Kier molecular flexibility index (Phi) is 2.95. The van der Waals surface area contributed by atoms with Gasteiger partial charge in [-0.05, 0) is 17.7 Å². The maximum Gasteiger partial charge on any atom is 0.186 e. The first-order chi connectivity index (χ1) is 8.08. The predicted octanol–water partition coefficient (Wildman–Crippen LogP) is 1.52. The Morgan fingerprint density at radius 3 is 2.71 bits per heavy atom. The maximum atomic E-state index is 12.9. The number of carbonyl (C=O) groups excluding carboxylic acids is 1. The van der Waals surface area contributed by atoms with Crippen molar-refractivity contribution in [3.05, 3.63) is 47.3 Å². The van der Waals surface area contributed by atoms with Crippen molar-refractivity contribution in [3.63, 3.8) is 0 Å². The first-order valence-electron chi connectivity index (χ1n) is 4.89. The predicted molar refractivity (Wildman–Crippen MR) is 55.4 cm³/mol. The number of hydrogen-bond acceptors (Lipinski definition) is 3. The number of nitrogens with zero attached hydrogens (tertiary/aromatic N) is 3. The lowest BCUT2D eigenvalue weighted by Gasteiger charge is -2.01. The molecule has 0 aliphatic carbocycles. The fourth-order valence-electron chi connectivity index (χ4n) is 1.47. The van der Waals surface area contributed by atoms with Gasteiger partial charge in [0.2, 0.25) is 0 Å². The van der Waals surface area contributed by atoms with Crippen LogP contribution < -0.4 is 0 Å². The van der Waals surface area contributed by atoms with Crippen molar-refractivity contribution in [3.8, 4) is 0 Å². The molecule has 1 heterocycles. The summed E-state index contributed by atoms with van der Waals surface area (Å²) in [5.74, 6) is -2.13. The molecule has 0 fully saturated rings. The molecule has 17 heavy (non-hydrogen) atoms. The number of Topliss-reactive ketones (excluding diaryl/α,β-unsaturated/α-hetero) is 1. The monoisotopic (exact) mass is 237 g/mol. The number of rotatable bonds is 3. The molecule has 6 heteroatoms. The van der Waals surface area contributed by atoms with Crippen molar-refractivity contribution in [2.45, 2.75) is 6.42 Å². The molecule has 0 spiro atoms. The van der Waals surface area contributed by atoms with Gasteiger partial charge in [0, 0.05) is 13.5 Å². The number of halogens is 2. The van der Waals surface area contributed by atoms with Gasteiger partial charge in [-0.15, -0.1) is 5.10 Å². The average molecular weight is 237 g/mol. The molecule has 2 rings (SSSR count). The number of aromatic nitrogens is 3. The van der Waals surface area contributed by atoms with Crippen LogP contribution in [0.2, 0.25) is 0 Å². The Morgan fingerprint density at radius 2 is 2.12 bits per heavy atom. The molecule has 0 radical (unpaired) electrons. The highest BCUT2D eigenvalue weighted by Gasteiger charge is 2.13. The van der Waals surface area contributed by atoms with E-state index in [-0.39, 0.29) is 12.2 Å². The lowest BCUT2D eigenvalue weighted by atomic mass is 10.1. The van der Waals surface area contributed by atoms with Gasteiger partial charge in [-0.25, -0.2) is 13.5 Å². The van der Waals surface area contributed by atoms with Gasteiger partial charge in [0.1, 0.15) is 5.69 Å². The molecule has 1 aromatic heterocycles. The zero-order chi connectivity index (χ0) is 12.4. The van der Waals surface area contributed by atoms with Gasteiger partial charge in [0.05, 0.1) is 6.20 Å². The second-order valence-corrected chi connectivity index (χ2v) is 3.59. The maximum absolute atomic E-state index is 12.9. The molecule has 0 N–H and O–H groups in total. The summed E-state index contributed by atoms with van der Waals surface area (Å²) in [6.07, 6.45) is 1.32. The number of aryl methyl sites for hydroxylation is 1. The number of carbonyl (C=O) groups is 1. The van der Waals surface area contributed by atoms with E-state index in [2.05, 4.69) is 10.3 Å². The average Bonchev–Trinajstić information content (AvgIpc) is 2.70. The van der Waals surface area contributed by atoms with Gasteiger partial charge in [0.15, 0.2) is 17.4 Å². The van der Waals surface area contributed by atoms with Gasteiger partial charge >= 0.3 is 0 Å². The molecule has 88 valence electrons. The largest absolute Gasteiger partial charge is 0.292 e. The SMILES string of the molecule is Cn1nncc1C(=O)Cc1ccc(F)c(F)c1. The first-order valence-corrected chi connectivity index (χ1v) is 4.89. The molecule has 0 amide bonds. The second-order valence-electron chi connectivity index (χ2n) is 3.59. The van der Waals surface area contributed by atoms with Crippen molar-refractivity contribution < 1.29 is 13.6 Å². The van der Waals surface area contributed by atoms with E-state index in [1.165, 1.54) is 16.9 Å². The van der Waals surface area contributed by atoms with E-state index in [0.29, 0.717) is 11.3 Å². The minimum Gasteiger partial charge on any atom is -0.292 e. The van der Waals surface area contributed by atoms with Crippen molar-refractivity contribution in [1.82, 2.24) is 15.0 Å². The molecule has 0 aliphatic heterocycles. The Labute approximate surface area is 95.9 Å². The second kappa shape index (κ2) is 4.40. The highest BCUT2D eigenvalue weighted by Crippen LogP contribution is 2.11. The molecule has 0 unspecified atom stereocenters. The van der Waals surface area contributed by atoms with Gasteiger partial charge in [0.25, 0.3) is 0 Å². The molecule has 2 aromatic rings. The molecular weight excluding hydrogens is 228 g/mol. The first kappa shape index (κ1) is 11.4. The van der Waals surface area contributed by atoms with Crippen LogP contribution in [0.5, 0.6) is 0 Å². The minimum atomic E-state index is -0.960. The van der Waals surface area contributed by atoms with Crippen molar-refractivity contribution >= 4 is 5.78 Å². The molecule has 1 aromatic carbocycles. The van der Waals surface area contributed by atoms with Crippen LogP contribution in [-0.2, 0) is 13.5 Å². The summed E-state index contributed by atoms with van der Waals surface area (Å²) in [6.45, 7) is 0. The van der Waals surface area contributed by atoms with E-state index in [9.17, 15) is 13.6 Å². The Balaban J connectivity index is 2.19. The van der Waals surface area contributed by atoms with E-state index >= 15 is 0 Å². The molecule has 0 saturated carbocycles. The zero-order valence-corrected chi connectivity index (χ0v) is 9.02. The highest BCUT2D eigenvalue weighted by molar-refractivity contribution is 5.95. The van der Waals surface area contributed by atoms with Crippen LogP contribution in [0, 0.1) is 11.6 Å². The minimum absolute atomic E-state index is 0.0155. The summed E-state index contributed by atoms with van der Waals surface area (Å²) in [5.41, 5.74) is 0.741. The lowest BCUT2D eigenvalue weighted by molar-refractivity contribution is 0.0984. The third-order valence-electron chi connectivity index (χ3n) is 2.35. The standard InChI is InChI=1S/C11H9F2N3O/c1-16-10(6-14-15-16)11(17)5-7-2-3-8(12)9(13)4-7/h2-4,6H,5H2,1H3. The molecule has 0 saturated heterocycles. The Bertz CT molecular complexity index is 566. The smallest absolute Gasteiger partial charge is 0.186 e. The summed E-state index contributed by atoms with van der Waals surface area (Å²) in [6, 6.07) is 3.39. The number of benzene rings is 1. The number of hydrogen-bond donors (Lipinski definition) is 0. The van der Waals surface area contributed by atoms with Crippen LogP contribution in [0.1, 0.15) is 16.1 Å². The molecule has 4 nitrogen and oxygen atoms in total. The molecule has 0 atom stereocenters. The van der Waals surface area contributed by atoms with Crippen LogP contribution in [-0.4, -0.2) is 20.8 Å². The summed E-state index contributed by atoms with van der Waals surface area (Å²) in [4.78, 5) is 11.8. The lowest BCUT2D eigenvalue weighted by Crippen LogP contribution is -2.09.